The molecule has 0 aromatic heterocycles. The van der Waals surface area contributed by atoms with Crippen molar-refractivity contribution in [3.05, 3.63) is 34.6 Å². The maximum Gasteiger partial charge on any atom is 0.200 e. The molecule has 7 heteroatoms. The lowest BCUT2D eigenvalue weighted by Crippen LogP contribution is -2.33. The summed E-state index contributed by atoms with van der Waals surface area (Å²) in [5.74, 6) is -9.69. The van der Waals surface area contributed by atoms with Crippen molar-refractivity contribution in [3.63, 3.8) is 0 Å². The number of nitrogens with two attached hydrogens (primary N) is 1. The van der Waals surface area contributed by atoms with Crippen LogP contribution in [0.25, 0.3) is 0 Å². The van der Waals surface area contributed by atoms with Gasteiger partial charge in [-0.1, -0.05) is 0 Å². The van der Waals surface area contributed by atoms with Gasteiger partial charge in [0.25, 0.3) is 0 Å². The van der Waals surface area contributed by atoms with E-state index < -0.39 is 41.2 Å². The maximum absolute atomic E-state index is 13.2. The van der Waals surface area contributed by atoms with Crippen molar-refractivity contribution in [1.82, 2.24) is 5.32 Å². The van der Waals surface area contributed by atoms with Gasteiger partial charge in [-0.3, -0.25) is 0 Å². The van der Waals surface area contributed by atoms with Crippen molar-refractivity contribution in [2.24, 2.45) is 5.73 Å². The third-order valence-corrected chi connectivity index (χ3v) is 2.28. The fourth-order valence-electron chi connectivity index (χ4n) is 1.17. The Bertz CT molecular complexity index is 393. The summed E-state index contributed by atoms with van der Waals surface area (Å²) in [6.07, 6.45) is 0. The molecular weight excluding hydrogens is 243 g/mol. The average molecular weight is 254 g/mol. The summed E-state index contributed by atoms with van der Waals surface area (Å²) in [6.45, 7) is 1.31. The van der Waals surface area contributed by atoms with E-state index in [1.807, 2.05) is 0 Å². The Hall–Kier alpha value is -1.21. The van der Waals surface area contributed by atoms with Gasteiger partial charge in [-0.2, -0.15) is 0 Å². The molecule has 0 aliphatic rings. The standard InChI is InChI=1S/C10H11F5N2/c1-4(2-16)17-3-5-6(11)8(13)10(15)9(14)7(5)12/h4,17H,2-3,16H2,1H3/t4-/m1/s1. The van der Waals surface area contributed by atoms with E-state index in [1.54, 1.807) is 6.92 Å². The molecular formula is C10H11F5N2. The SMILES string of the molecule is C[C@H](CN)NCc1c(F)c(F)c(F)c(F)c1F. The van der Waals surface area contributed by atoms with Crippen LogP contribution in [-0.2, 0) is 6.54 Å². The smallest absolute Gasteiger partial charge is 0.200 e. The third kappa shape index (κ3) is 2.73. The summed E-state index contributed by atoms with van der Waals surface area (Å²) in [5, 5.41) is 2.54. The number of halogens is 5. The van der Waals surface area contributed by atoms with Crippen molar-refractivity contribution < 1.29 is 22.0 Å². The molecule has 0 saturated heterocycles. The zero-order valence-electron chi connectivity index (χ0n) is 8.96. The van der Waals surface area contributed by atoms with Crippen LogP contribution < -0.4 is 11.1 Å². The first kappa shape index (κ1) is 13.9. The van der Waals surface area contributed by atoms with Gasteiger partial charge in [0, 0.05) is 24.7 Å². The van der Waals surface area contributed by atoms with Crippen molar-refractivity contribution in [2.45, 2.75) is 19.5 Å². The van der Waals surface area contributed by atoms with Gasteiger partial charge in [-0.25, -0.2) is 22.0 Å². The number of nitrogens with one attached hydrogen (secondary N) is 1. The first-order valence-corrected chi connectivity index (χ1v) is 4.83. The maximum atomic E-state index is 13.2. The summed E-state index contributed by atoms with van der Waals surface area (Å²) in [5.41, 5.74) is 4.35. The lowest BCUT2D eigenvalue weighted by molar-refractivity contribution is 0.365. The van der Waals surface area contributed by atoms with Crippen LogP contribution in [0.3, 0.4) is 0 Å². The van der Waals surface area contributed by atoms with E-state index in [9.17, 15) is 22.0 Å². The zero-order chi connectivity index (χ0) is 13.2. The van der Waals surface area contributed by atoms with Crippen LogP contribution in [0.4, 0.5) is 22.0 Å². The van der Waals surface area contributed by atoms with Crippen LogP contribution in [0.2, 0.25) is 0 Å². The van der Waals surface area contributed by atoms with E-state index in [4.69, 9.17) is 5.73 Å². The van der Waals surface area contributed by atoms with Crippen molar-refractivity contribution in [3.8, 4) is 0 Å². The van der Waals surface area contributed by atoms with Gasteiger partial charge < -0.3 is 11.1 Å². The second kappa shape index (κ2) is 5.42. The fraction of sp³-hybridized carbons (Fsp3) is 0.400. The molecule has 0 bridgehead atoms. The summed E-state index contributed by atoms with van der Waals surface area (Å²) in [4.78, 5) is 0. The highest BCUT2D eigenvalue weighted by atomic mass is 19.2. The van der Waals surface area contributed by atoms with Crippen LogP contribution in [0, 0.1) is 29.1 Å². The molecule has 96 valence electrons. The predicted octanol–water partition coefficient (Wildman–Crippen LogP) is 1.82. The number of hydrogen-bond donors (Lipinski definition) is 2. The van der Waals surface area contributed by atoms with Crippen LogP contribution in [0.5, 0.6) is 0 Å². The van der Waals surface area contributed by atoms with Crippen LogP contribution >= 0.6 is 0 Å². The topological polar surface area (TPSA) is 38.0 Å². The minimum Gasteiger partial charge on any atom is -0.329 e. The molecule has 0 heterocycles. The summed E-state index contributed by atoms with van der Waals surface area (Å²) >= 11 is 0. The van der Waals surface area contributed by atoms with Gasteiger partial charge in [-0.15, -0.1) is 0 Å². The molecule has 3 N–H and O–H groups in total. The fourth-order valence-corrected chi connectivity index (χ4v) is 1.17. The van der Waals surface area contributed by atoms with Crippen LogP contribution in [-0.4, -0.2) is 12.6 Å². The molecule has 1 rings (SSSR count). The minimum absolute atomic E-state index is 0.176. The van der Waals surface area contributed by atoms with E-state index in [0.29, 0.717) is 0 Å². The molecule has 0 spiro atoms. The Balaban J connectivity index is 3.07. The number of rotatable bonds is 4. The summed E-state index contributed by atoms with van der Waals surface area (Å²) in [6, 6.07) is -0.301. The third-order valence-electron chi connectivity index (χ3n) is 2.28. The van der Waals surface area contributed by atoms with Gasteiger partial charge in [-0.05, 0) is 6.92 Å². The largest absolute Gasteiger partial charge is 0.329 e. The summed E-state index contributed by atoms with van der Waals surface area (Å²) < 4.78 is 64.6. The Morgan fingerprint density at radius 1 is 0.941 bits per heavy atom. The van der Waals surface area contributed by atoms with E-state index in [0.717, 1.165) is 0 Å². The average Bonchev–Trinajstić information content (AvgIpc) is 2.33. The van der Waals surface area contributed by atoms with Crippen LogP contribution in [0.15, 0.2) is 0 Å². The molecule has 1 atom stereocenters. The lowest BCUT2D eigenvalue weighted by atomic mass is 10.1. The van der Waals surface area contributed by atoms with Crippen LogP contribution in [0.1, 0.15) is 12.5 Å². The molecule has 17 heavy (non-hydrogen) atoms. The van der Waals surface area contributed by atoms with Gasteiger partial charge in [0.15, 0.2) is 23.3 Å². The minimum atomic E-state index is -2.16. The molecule has 0 unspecified atom stereocenters. The lowest BCUT2D eigenvalue weighted by Gasteiger charge is -2.13. The normalized spacial score (nSPS) is 12.9. The highest BCUT2D eigenvalue weighted by Crippen LogP contribution is 2.22. The molecule has 0 aliphatic carbocycles. The summed E-state index contributed by atoms with van der Waals surface area (Å²) in [7, 11) is 0. The highest BCUT2D eigenvalue weighted by Gasteiger charge is 2.25. The first-order valence-electron chi connectivity index (χ1n) is 4.83. The van der Waals surface area contributed by atoms with E-state index in [2.05, 4.69) is 5.32 Å². The molecule has 0 fully saturated rings. The molecule has 1 aromatic rings. The predicted molar refractivity (Wildman–Crippen MR) is 51.6 cm³/mol. The van der Waals surface area contributed by atoms with E-state index in [1.165, 1.54) is 0 Å². The van der Waals surface area contributed by atoms with Crippen molar-refractivity contribution >= 4 is 0 Å². The molecule has 0 saturated carbocycles. The Morgan fingerprint density at radius 2 is 1.35 bits per heavy atom. The Labute approximate surface area is 94.6 Å². The Kier molecular flexibility index (Phi) is 4.41. The second-order valence-electron chi connectivity index (χ2n) is 3.57. The van der Waals surface area contributed by atoms with Gasteiger partial charge in [0.05, 0.1) is 0 Å². The van der Waals surface area contributed by atoms with Gasteiger partial charge in [0.1, 0.15) is 0 Å². The molecule has 1 aromatic carbocycles. The van der Waals surface area contributed by atoms with Crippen molar-refractivity contribution in [2.75, 3.05) is 6.54 Å². The van der Waals surface area contributed by atoms with Crippen molar-refractivity contribution in [1.29, 1.82) is 0 Å². The Morgan fingerprint density at radius 3 is 1.76 bits per heavy atom. The molecule has 2 nitrogen and oxygen atoms in total. The molecule has 0 amide bonds. The zero-order valence-corrected chi connectivity index (χ0v) is 8.96. The van der Waals surface area contributed by atoms with E-state index in [-0.39, 0.29) is 12.6 Å². The van der Waals surface area contributed by atoms with E-state index >= 15 is 0 Å². The first-order chi connectivity index (χ1) is 7.90. The molecule has 0 aliphatic heterocycles. The number of hydrogen-bond acceptors (Lipinski definition) is 2. The monoisotopic (exact) mass is 254 g/mol. The highest BCUT2D eigenvalue weighted by molar-refractivity contribution is 5.24. The molecule has 0 radical (unpaired) electrons. The number of benzene rings is 1. The van der Waals surface area contributed by atoms with Gasteiger partial charge in [0.2, 0.25) is 5.82 Å². The quantitative estimate of drug-likeness (QED) is 0.488. The van der Waals surface area contributed by atoms with Gasteiger partial charge >= 0.3 is 0 Å². The second-order valence-corrected chi connectivity index (χ2v) is 3.57.